The first-order chi connectivity index (χ1) is 9.38. The van der Waals surface area contributed by atoms with Crippen LogP contribution in [-0.2, 0) is 0 Å². The van der Waals surface area contributed by atoms with Crippen molar-refractivity contribution in [2.45, 2.75) is 64.3 Å². The highest BCUT2D eigenvalue weighted by Gasteiger charge is 2.11. The maximum atomic E-state index is 4.64. The van der Waals surface area contributed by atoms with Gasteiger partial charge in [0.05, 0.1) is 0 Å². The number of hydrogen-bond acceptors (Lipinski definition) is 3. The zero-order valence-corrected chi connectivity index (χ0v) is 12.1. The molecule has 2 N–H and O–H groups in total. The standard InChI is InChI=1S/C16H27N3/c1-2-13-17-15-11-8-12-16(19-15)18-14-9-6-4-3-5-7-10-14/h8,11-12,14H,2-7,9-10,13H2,1H3,(H2,17,18,19). The van der Waals surface area contributed by atoms with Crippen LogP contribution in [0.1, 0.15) is 58.3 Å². The van der Waals surface area contributed by atoms with Crippen molar-refractivity contribution in [1.29, 1.82) is 0 Å². The Labute approximate surface area is 117 Å². The van der Waals surface area contributed by atoms with Gasteiger partial charge in [0, 0.05) is 12.6 Å². The lowest BCUT2D eigenvalue weighted by Crippen LogP contribution is -2.21. The van der Waals surface area contributed by atoms with E-state index < -0.39 is 0 Å². The van der Waals surface area contributed by atoms with E-state index in [-0.39, 0.29) is 0 Å². The van der Waals surface area contributed by atoms with Crippen molar-refractivity contribution in [2.75, 3.05) is 17.2 Å². The summed E-state index contributed by atoms with van der Waals surface area (Å²) in [6, 6.07) is 6.81. The Morgan fingerprint density at radius 3 is 2.47 bits per heavy atom. The first-order valence-corrected chi connectivity index (χ1v) is 7.86. The molecule has 19 heavy (non-hydrogen) atoms. The van der Waals surface area contributed by atoms with Gasteiger partial charge < -0.3 is 10.6 Å². The second-order valence-corrected chi connectivity index (χ2v) is 5.52. The number of anilines is 2. The van der Waals surface area contributed by atoms with Crippen molar-refractivity contribution < 1.29 is 0 Å². The number of rotatable bonds is 5. The highest BCUT2D eigenvalue weighted by molar-refractivity contribution is 5.45. The number of nitrogens with one attached hydrogen (secondary N) is 2. The van der Waals surface area contributed by atoms with Crippen LogP contribution in [0.2, 0.25) is 0 Å². The molecule has 1 heterocycles. The predicted molar refractivity (Wildman–Crippen MR) is 82.7 cm³/mol. The Morgan fingerprint density at radius 1 is 1.05 bits per heavy atom. The lowest BCUT2D eigenvalue weighted by molar-refractivity contribution is 0.471. The van der Waals surface area contributed by atoms with Gasteiger partial charge in [0.15, 0.2) is 0 Å². The molecule has 0 aliphatic heterocycles. The molecule has 3 heteroatoms. The molecule has 0 aromatic carbocycles. The van der Waals surface area contributed by atoms with E-state index in [0.29, 0.717) is 6.04 Å². The van der Waals surface area contributed by atoms with Gasteiger partial charge in [0.25, 0.3) is 0 Å². The highest BCUT2D eigenvalue weighted by Crippen LogP contribution is 2.20. The lowest BCUT2D eigenvalue weighted by atomic mass is 9.97. The van der Waals surface area contributed by atoms with Crippen LogP contribution in [0.4, 0.5) is 11.6 Å². The largest absolute Gasteiger partial charge is 0.370 e. The normalized spacial score (nSPS) is 17.5. The van der Waals surface area contributed by atoms with Crippen LogP contribution >= 0.6 is 0 Å². The van der Waals surface area contributed by atoms with Gasteiger partial charge in [-0.05, 0) is 31.4 Å². The molecule has 1 aromatic heterocycles. The van der Waals surface area contributed by atoms with Crippen molar-refractivity contribution in [2.24, 2.45) is 0 Å². The highest BCUT2D eigenvalue weighted by atomic mass is 15.1. The molecule has 106 valence electrons. The lowest BCUT2D eigenvalue weighted by Gasteiger charge is -2.21. The summed E-state index contributed by atoms with van der Waals surface area (Å²) >= 11 is 0. The number of nitrogens with zero attached hydrogens (tertiary/aromatic N) is 1. The van der Waals surface area contributed by atoms with Crippen LogP contribution < -0.4 is 10.6 Å². The van der Waals surface area contributed by atoms with E-state index in [2.05, 4.69) is 34.7 Å². The quantitative estimate of drug-likeness (QED) is 0.823. The average molecular weight is 261 g/mol. The van der Waals surface area contributed by atoms with Gasteiger partial charge >= 0.3 is 0 Å². The molecule has 1 fully saturated rings. The van der Waals surface area contributed by atoms with Gasteiger partial charge in [-0.1, -0.05) is 45.1 Å². The van der Waals surface area contributed by atoms with Gasteiger partial charge in [-0.2, -0.15) is 0 Å². The van der Waals surface area contributed by atoms with Gasteiger partial charge in [0.2, 0.25) is 0 Å². The second-order valence-electron chi connectivity index (χ2n) is 5.52. The zero-order valence-electron chi connectivity index (χ0n) is 12.1. The van der Waals surface area contributed by atoms with E-state index in [1.54, 1.807) is 0 Å². The number of aromatic nitrogens is 1. The van der Waals surface area contributed by atoms with E-state index in [4.69, 9.17) is 0 Å². The molecule has 0 spiro atoms. The monoisotopic (exact) mass is 261 g/mol. The van der Waals surface area contributed by atoms with Crippen LogP contribution in [0.25, 0.3) is 0 Å². The molecule has 0 bridgehead atoms. The van der Waals surface area contributed by atoms with Crippen LogP contribution in [0.15, 0.2) is 18.2 Å². The Morgan fingerprint density at radius 2 is 1.74 bits per heavy atom. The fourth-order valence-electron chi connectivity index (χ4n) is 2.68. The summed E-state index contributed by atoms with van der Waals surface area (Å²) in [6.07, 6.45) is 10.6. The molecule has 0 amide bonds. The summed E-state index contributed by atoms with van der Waals surface area (Å²) in [5, 5.41) is 6.96. The second kappa shape index (κ2) is 8.03. The molecule has 0 atom stereocenters. The van der Waals surface area contributed by atoms with Crippen molar-refractivity contribution in [3.63, 3.8) is 0 Å². The Balaban J connectivity index is 1.89. The third-order valence-corrected chi connectivity index (χ3v) is 3.76. The van der Waals surface area contributed by atoms with Crippen molar-refractivity contribution in [1.82, 2.24) is 4.98 Å². The summed E-state index contributed by atoms with van der Waals surface area (Å²) in [4.78, 5) is 4.64. The minimum atomic E-state index is 0.606. The topological polar surface area (TPSA) is 37.0 Å². The first kappa shape index (κ1) is 14.2. The molecule has 2 rings (SSSR count). The molecule has 1 aliphatic rings. The SMILES string of the molecule is CCCNc1cccc(NC2CCCCCCC2)n1. The van der Waals surface area contributed by atoms with Gasteiger partial charge in [0.1, 0.15) is 11.6 Å². The van der Waals surface area contributed by atoms with Crippen LogP contribution in [0.3, 0.4) is 0 Å². The maximum absolute atomic E-state index is 4.64. The van der Waals surface area contributed by atoms with Crippen molar-refractivity contribution in [3.8, 4) is 0 Å². The van der Waals surface area contributed by atoms with Crippen LogP contribution in [-0.4, -0.2) is 17.6 Å². The molecule has 0 unspecified atom stereocenters. The Hall–Kier alpha value is -1.25. The maximum Gasteiger partial charge on any atom is 0.128 e. The summed E-state index contributed by atoms with van der Waals surface area (Å²) in [7, 11) is 0. The zero-order chi connectivity index (χ0) is 13.3. The predicted octanol–water partition coefficient (Wildman–Crippen LogP) is 4.43. The number of hydrogen-bond donors (Lipinski definition) is 2. The number of pyridine rings is 1. The summed E-state index contributed by atoms with van der Waals surface area (Å²) in [5.74, 6) is 2.00. The molecule has 3 nitrogen and oxygen atoms in total. The van der Waals surface area contributed by atoms with E-state index in [1.165, 1.54) is 44.9 Å². The van der Waals surface area contributed by atoms with E-state index in [0.717, 1.165) is 24.6 Å². The first-order valence-electron chi connectivity index (χ1n) is 7.86. The molecule has 0 saturated heterocycles. The molecule has 1 aromatic rings. The van der Waals surface area contributed by atoms with E-state index in [1.807, 2.05) is 6.07 Å². The fourth-order valence-corrected chi connectivity index (χ4v) is 2.68. The molecular formula is C16H27N3. The Bertz CT molecular complexity index is 357. The van der Waals surface area contributed by atoms with E-state index in [9.17, 15) is 0 Å². The van der Waals surface area contributed by atoms with Crippen molar-refractivity contribution >= 4 is 11.6 Å². The van der Waals surface area contributed by atoms with Gasteiger partial charge in [-0.25, -0.2) is 4.98 Å². The Kier molecular flexibility index (Phi) is 5.99. The minimum Gasteiger partial charge on any atom is -0.370 e. The molecule has 1 aliphatic carbocycles. The van der Waals surface area contributed by atoms with E-state index >= 15 is 0 Å². The summed E-state index contributed by atoms with van der Waals surface area (Å²) in [5.41, 5.74) is 0. The average Bonchev–Trinajstić information content (AvgIpc) is 2.40. The third-order valence-electron chi connectivity index (χ3n) is 3.76. The van der Waals surface area contributed by atoms with Gasteiger partial charge in [-0.15, -0.1) is 0 Å². The molecule has 1 saturated carbocycles. The smallest absolute Gasteiger partial charge is 0.128 e. The van der Waals surface area contributed by atoms with Gasteiger partial charge in [-0.3, -0.25) is 0 Å². The molecular weight excluding hydrogens is 234 g/mol. The van der Waals surface area contributed by atoms with Crippen LogP contribution in [0, 0.1) is 0 Å². The summed E-state index contributed by atoms with van der Waals surface area (Å²) in [6.45, 7) is 3.16. The van der Waals surface area contributed by atoms with Crippen LogP contribution in [0.5, 0.6) is 0 Å². The molecule has 0 radical (unpaired) electrons. The minimum absolute atomic E-state index is 0.606. The van der Waals surface area contributed by atoms with Crippen molar-refractivity contribution in [3.05, 3.63) is 18.2 Å². The third kappa shape index (κ3) is 5.09. The fraction of sp³-hybridized carbons (Fsp3) is 0.688. The summed E-state index contributed by atoms with van der Waals surface area (Å²) < 4.78 is 0.